The van der Waals surface area contributed by atoms with Crippen LogP contribution >= 0.6 is 27.7 Å². The van der Waals surface area contributed by atoms with Crippen LogP contribution in [0.25, 0.3) is 0 Å². The molecule has 1 fully saturated rings. The SMILES string of the molecule is O=C(NC1(C(=O)O)CCSC1)c1cc(Br)cc([N+](=O)[O-])c1. The highest BCUT2D eigenvalue weighted by atomic mass is 79.9. The zero-order valence-corrected chi connectivity index (χ0v) is 13.1. The number of hydrogen-bond donors (Lipinski definition) is 2. The van der Waals surface area contributed by atoms with Crippen molar-refractivity contribution in [2.75, 3.05) is 11.5 Å². The summed E-state index contributed by atoms with van der Waals surface area (Å²) in [6, 6.07) is 3.81. The van der Waals surface area contributed by atoms with E-state index in [0.29, 0.717) is 16.6 Å². The van der Waals surface area contributed by atoms with Crippen LogP contribution in [0.5, 0.6) is 0 Å². The monoisotopic (exact) mass is 374 g/mol. The van der Waals surface area contributed by atoms with Crippen molar-refractivity contribution in [2.45, 2.75) is 12.0 Å². The minimum atomic E-state index is -1.31. The Morgan fingerprint density at radius 3 is 2.67 bits per heavy atom. The summed E-state index contributed by atoms with van der Waals surface area (Å²) < 4.78 is 0.382. The third-order valence-electron chi connectivity index (χ3n) is 3.14. The topological polar surface area (TPSA) is 110 Å². The number of nitrogens with one attached hydrogen (secondary N) is 1. The Morgan fingerprint density at radius 1 is 1.43 bits per heavy atom. The summed E-state index contributed by atoms with van der Waals surface area (Å²) in [7, 11) is 0. The van der Waals surface area contributed by atoms with E-state index in [1.54, 1.807) is 0 Å². The zero-order valence-electron chi connectivity index (χ0n) is 10.7. The minimum Gasteiger partial charge on any atom is -0.479 e. The maximum absolute atomic E-state index is 12.2. The summed E-state index contributed by atoms with van der Waals surface area (Å²) in [5, 5.41) is 22.6. The maximum atomic E-state index is 12.2. The number of aliphatic carboxylic acids is 1. The van der Waals surface area contributed by atoms with E-state index in [4.69, 9.17) is 0 Å². The number of carbonyl (C=O) groups is 2. The Labute approximate surface area is 132 Å². The molecule has 1 aliphatic rings. The van der Waals surface area contributed by atoms with Gasteiger partial charge in [0.2, 0.25) is 0 Å². The van der Waals surface area contributed by atoms with Gasteiger partial charge in [0.15, 0.2) is 0 Å². The molecule has 1 aromatic rings. The highest BCUT2D eigenvalue weighted by Crippen LogP contribution is 2.29. The lowest BCUT2D eigenvalue weighted by molar-refractivity contribution is -0.385. The third-order valence-corrected chi connectivity index (χ3v) is 4.79. The van der Waals surface area contributed by atoms with Gasteiger partial charge in [-0.05, 0) is 18.2 Å². The molecule has 9 heteroatoms. The predicted molar refractivity (Wildman–Crippen MR) is 80.6 cm³/mol. The Kier molecular flexibility index (Phi) is 4.52. The van der Waals surface area contributed by atoms with E-state index in [9.17, 15) is 24.8 Å². The summed E-state index contributed by atoms with van der Waals surface area (Å²) in [6.45, 7) is 0. The Balaban J connectivity index is 2.28. The molecule has 1 atom stereocenters. The van der Waals surface area contributed by atoms with Crippen molar-refractivity contribution >= 4 is 45.3 Å². The summed E-state index contributed by atoms with van der Waals surface area (Å²) in [5.41, 5.74) is -1.49. The number of hydrogen-bond acceptors (Lipinski definition) is 5. The van der Waals surface area contributed by atoms with Gasteiger partial charge in [-0.1, -0.05) is 15.9 Å². The van der Waals surface area contributed by atoms with Gasteiger partial charge in [0.25, 0.3) is 11.6 Å². The molecule has 1 saturated heterocycles. The lowest BCUT2D eigenvalue weighted by Gasteiger charge is -2.24. The molecule has 7 nitrogen and oxygen atoms in total. The molecular weight excluding hydrogens is 364 g/mol. The standard InChI is InChI=1S/C12H11BrN2O5S/c13-8-3-7(4-9(5-8)15(19)20)10(16)14-12(11(17)18)1-2-21-6-12/h3-5H,1-2,6H2,(H,14,16)(H,17,18). The number of non-ortho nitro benzene ring substituents is 1. The normalized spacial score (nSPS) is 21.0. The average molecular weight is 375 g/mol. The summed E-state index contributed by atoms with van der Waals surface area (Å²) in [4.78, 5) is 33.8. The molecule has 1 heterocycles. The van der Waals surface area contributed by atoms with Crippen LogP contribution in [-0.2, 0) is 4.79 Å². The molecule has 2 N–H and O–H groups in total. The fraction of sp³-hybridized carbons (Fsp3) is 0.333. The van der Waals surface area contributed by atoms with Crippen LogP contribution in [0.15, 0.2) is 22.7 Å². The van der Waals surface area contributed by atoms with Gasteiger partial charge in [0, 0.05) is 27.9 Å². The average Bonchev–Trinajstić information content (AvgIpc) is 2.87. The minimum absolute atomic E-state index is 0.0496. The second kappa shape index (κ2) is 6.02. The molecule has 0 saturated carbocycles. The highest BCUT2D eigenvalue weighted by Gasteiger charge is 2.43. The van der Waals surface area contributed by atoms with E-state index >= 15 is 0 Å². The molecule has 0 bridgehead atoms. The Hall–Kier alpha value is -1.61. The molecule has 2 rings (SSSR count). The molecule has 0 spiro atoms. The van der Waals surface area contributed by atoms with Crippen LogP contribution in [0, 0.1) is 10.1 Å². The predicted octanol–water partition coefficient (Wildman–Crippen LogP) is 2.05. The number of carbonyl (C=O) groups excluding carboxylic acids is 1. The van der Waals surface area contributed by atoms with Crippen LogP contribution < -0.4 is 5.32 Å². The first-order chi connectivity index (χ1) is 9.84. The van der Waals surface area contributed by atoms with Crippen molar-refractivity contribution < 1.29 is 19.6 Å². The molecular formula is C12H11BrN2O5S. The second-order valence-electron chi connectivity index (χ2n) is 4.60. The summed E-state index contributed by atoms with van der Waals surface area (Å²) in [6.07, 6.45) is 0.328. The van der Waals surface area contributed by atoms with Gasteiger partial charge in [-0.2, -0.15) is 11.8 Å². The fourth-order valence-corrected chi connectivity index (χ4v) is 3.79. The van der Waals surface area contributed by atoms with Crippen molar-refractivity contribution in [1.82, 2.24) is 5.32 Å². The van der Waals surface area contributed by atoms with Crippen LogP contribution in [0.1, 0.15) is 16.8 Å². The first kappa shape index (κ1) is 15.8. The lowest BCUT2D eigenvalue weighted by atomic mass is 9.98. The van der Waals surface area contributed by atoms with E-state index < -0.39 is 22.3 Å². The highest BCUT2D eigenvalue weighted by molar-refractivity contribution is 9.10. The summed E-state index contributed by atoms with van der Waals surface area (Å²) >= 11 is 4.54. The van der Waals surface area contributed by atoms with Crippen molar-refractivity contribution in [2.24, 2.45) is 0 Å². The molecule has 1 aliphatic heterocycles. The van der Waals surface area contributed by atoms with Gasteiger partial charge in [-0.3, -0.25) is 14.9 Å². The van der Waals surface area contributed by atoms with Crippen LogP contribution in [-0.4, -0.2) is 39.0 Å². The molecule has 1 amide bonds. The Morgan fingerprint density at radius 2 is 2.14 bits per heavy atom. The molecule has 112 valence electrons. The largest absolute Gasteiger partial charge is 0.479 e. The number of halogens is 1. The zero-order chi connectivity index (χ0) is 15.6. The molecule has 0 aliphatic carbocycles. The molecule has 1 aromatic carbocycles. The van der Waals surface area contributed by atoms with Gasteiger partial charge in [0.05, 0.1) is 4.92 Å². The van der Waals surface area contributed by atoms with Crippen molar-refractivity contribution in [3.05, 3.63) is 38.3 Å². The number of carboxylic acid groups (broad SMARTS) is 1. The third kappa shape index (κ3) is 3.35. The van der Waals surface area contributed by atoms with Crippen LogP contribution in [0.4, 0.5) is 5.69 Å². The van der Waals surface area contributed by atoms with Crippen molar-refractivity contribution in [3.8, 4) is 0 Å². The smallest absolute Gasteiger partial charge is 0.330 e. The van der Waals surface area contributed by atoms with E-state index in [0.717, 1.165) is 6.07 Å². The van der Waals surface area contributed by atoms with E-state index in [1.165, 1.54) is 23.9 Å². The van der Waals surface area contributed by atoms with E-state index in [-0.39, 0.29) is 17.0 Å². The number of benzene rings is 1. The number of rotatable bonds is 4. The first-order valence-corrected chi connectivity index (χ1v) is 7.87. The van der Waals surface area contributed by atoms with Gasteiger partial charge >= 0.3 is 5.97 Å². The number of thioether (sulfide) groups is 1. The molecule has 21 heavy (non-hydrogen) atoms. The number of nitrogens with zero attached hydrogens (tertiary/aromatic N) is 1. The maximum Gasteiger partial charge on any atom is 0.330 e. The molecule has 0 radical (unpaired) electrons. The summed E-state index contributed by atoms with van der Waals surface area (Å²) in [5.74, 6) is -0.801. The fourth-order valence-electron chi connectivity index (χ4n) is 1.99. The number of nitro groups is 1. The molecule has 1 unspecified atom stereocenters. The quantitative estimate of drug-likeness (QED) is 0.616. The number of amides is 1. The Bertz CT molecular complexity index is 616. The first-order valence-electron chi connectivity index (χ1n) is 5.93. The van der Waals surface area contributed by atoms with E-state index in [1.807, 2.05) is 0 Å². The number of nitro benzene ring substituents is 1. The van der Waals surface area contributed by atoms with Gasteiger partial charge < -0.3 is 10.4 Å². The van der Waals surface area contributed by atoms with Crippen LogP contribution in [0.2, 0.25) is 0 Å². The van der Waals surface area contributed by atoms with Gasteiger partial charge in [-0.25, -0.2) is 4.79 Å². The van der Waals surface area contributed by atoms with Gasteiger partial charge in [0.1, 0.15) is 5.54 Å². The van der Waals surface area contributed by atoms with Crippen LogP contribution in [0.3, 0.4) is 0 Å². The van der Waals surface area contributed by atoms with Crippen molar-refractivity contribution in [1.29, 1.82) is 0 Å². The second-order valence-corrected chi connectivity index (χ2v) is 6.62. The van der Waals surface area contributed by atoms with Crippen molar-refractivity contribution in [3.63, 3.8) is 0 Å². The lowest BCUT2D eigenvalue weighted by Crippen LogP contribution is -2.54. The molecule has 0 aromatic heterocycles. The number of carboxylic acids is 1. The van der Waals surface area contributed by atoms with E-state index in [2.05, 4.69) is 21.2 Å². The van der Waals surface area contributed by atoms with Gasteiger partial charge in [-0.15, -0.1) is 0 Å².